The molecule has 0 saturated carbocycles. The molecule has 0 aliphatic heterocycles. The quantitative estimate of drug-likeness (QED) is 0.688. The van der Waals surface area contributed by atoms with Crippen molar-refractivity contribution in [2.24, 2.45) is 7.05 Å². The van der Waals surface area contributed by atoms with Gasteiger partial charge in [-0.1, -0.05) is 18.5 Å². The van der Waals surface area contributed by atoms with E-state index in [9.17, 15) is 10.1 Å². The standard InChI is InChI=1S/C11H12ClN5O2/c1-3-8-9(6-16(2)15-8)14-11-10(17(18)19)4-7(12)5-13-11/h4-6H,3H2,1-2H3,(H,13,14). The van der Waals surface area contributed by atoms with Crippen molar-refractivity contribution in [1.82, 2.24) is 14.8 Å². The molecule has 0 aromatic carbocycles. The molecule has 0 saturated heterocycles. The van der Waals surface area contributed by atoms with E-state index in [-0.39, 0.29) is 16.5 Å². The van der Waals surface area contributed by atoms with Gasteiger partial charge in [-0.3, -0.25) is 14.8 Å². The van der Waals surface area contributed by atoms with Crippen LogP contribution in [-0.4, -0.2) is 19.7 Å². The van der Waals surface area contributed by atoms with Crippen molar-refractivity contribution >= 4 is 28.8 Å². The SMILES string of the molecule is CCc1nn(C)cc1Nc1ncc(Cl)cc1[N+](=O)[O-]. The lowest BCUT2D eigenvalue weighted by molar-refractivity contribution is -0.384. The third kappa shape index (κ3) is 2.82. The smallest absolute Gasteiger partial charge is 0.313 e. The van der Waals surface area contributed by atoms with Crippen LogP contribution in [0.1, 0.15) is 12.6 Å². The fourth-order valence-corrected chi connectivity index (χ4v) is 1.84. The van der Waals surface area contributed by atoms with E-state index in [0.717, 1.165) is 5.69 Å². The molecule has 0 amide bonds. The molecule has 7 nitrogen and oxygen atoms in total. The number of anilines is 2. The lowest BCUT2D eigenvalue weighted by atomic mass is 10.3. The summed E-state index contributed by atoms with van der Waals surface area (Å²) < 4.78 is 1.64. The topological polar surface area (TPSA) is 85.9 Å². The number of rotatable bonds is 4. The molecule has 0 spiro atoms. The molecule has 0 fully saturated rings. The summed E-state index contributed by atoms with van der Waals surface area (Å²) in [5, 5.41) is 18.4. The summed E-state index contributed by atoms with van der Waals surface area (Å²) in [5.74, 6) is 0.150. The average molecular weight is 282 g/mol. The third-order valence-corrected chi connectivity index (χ3v) is 2.73. The molecule has 0 bridgehead atoms. The first kappa shape index (κ1) is 13.3. The Labute approximate surface area is 114 Å². The molecule has 0 aliphatic rings. The van der Waals surface area contributed by atoms with E-state index in [1.54, 1.807) is 17.9 Å². The lowest BCUT2D eigenvalue weighted by Crippen LogP contribution is -2.00. The average Bonchev–Trinajstić information content (AvgIpc) is 2.71. The first-order chi connectivity index (χ1) is 9.01. The minimum absolute atomic E-state index is 0.150. The van der Waals surface area contributed by atoms with Crippen LogP contribution in [0.4, 0.5) is 17.2 Å². The Bertz CT molecular complexity index is 626. The Morgan fingerprint density at radius 1 is 1.58 bits per heavy atom. The van der Waals surface area contributed by atoms with Crippen molar-refractivity contribution in [2.75, 3.05) is 5.32 Å². The van der Waals surface area contributed by atoms with Crippen LogP contribution in [0, 0.1) is 10.1 Å². The van der Waals surface area contributed by atoms with Gasteiger partial charge >= 0.3 is 5.69 Å². The van der Waals surface area contributed by atoms with E-state index in [2.05, 4.69) is 15.4 Å². The minimum Gasteiger partial charge on any atom is -0.332 e. The van der Waals surface area contributed by atoms with E-state index < -0.39 is 4.92 Å². The number of nitrogens with one attached hydrogen (secondary N) is 1. The summed E-state index contributed by atoms with van der Waals surface area (Å²) >= 11 is 5.72. The van der Waals surface area contributed by atoms with Gasteiger partial charge in [0.2, 0.25) is 5.82 Å². The molecule has 0 atom stereocenters. The maximum absolute atomic E-state index is 11.0. The predicted octanol–water partition coefficient (Wildman–Crippen LogP) is 2.68. The molecule has 100 valence electrons. The molecule has 2 heterocycles. The number of nitro groups is 1. The Morgan fingerprint density at radius 3 is 2.95 bits per heavy atom. The number of aryl methyl sites for hydroxylation is 2. The zero-order chi connectivity index (χ0) is 14.0. The predicted molar refractivity (Wildman–Crippen MR) is 71.8 cm³/mol. The first-order valence-corrected chi connectivity index (χ1v) is 5.98. The number of halogens is 1. The second kappa shape index (κ2) is 5.23. The number of pyridine rings is 1. The summed E-state index contributed by atoms with van der Waals surface area (Å²) in [7, 11) is 1.79. The highest BCUT2D eigenvalue weighted by atomic mass is 35.5. The van der Waals surface area contributed by atoms with Gasteiger partial charge in [-0.05, 0) is 6.42 Å². The summed E-state index contributed by atoms with van der Waals surface area (Å²) in [4.78, 5) is 14.4. The van der Waals surface area contributed by atoms with Gasteiger partial charge in [0.15, 0.2) is 0 Å². The molecule has 2 rings (SSSR count). The van der Waals surface area contributed by atoms with Gasteiger partial charge in [0.05, 0.1) is 21.3 Å². The van der Waals surface area contributed by atoms with Gasteiger partial charge in [-0.15, -0.1) is 0 Å². The van der Waals surface area contributed by atoms with Crippen LogP contribution in [0.2, 0.25) is 5.02 Å². The Balaban J connectivity index is 2.40. The van der Waals surface area contributed by atoms with E-state index in [4.69, 9.17) is 11.6 Å². The van der Waals surface area contributed by atoms with Crippen LogP contribution in [0.25, 0.3) is 0 Å². The second-order valence-corrected chi connectivity index (χ2v) is 4.36. The zero-order valence-corrected chi connectivity index (χ0v) is 11.2. The summed E-state index contributed by atoms with van der Waals surface area (Å²) in [6, 6.07) is 1.26. The van der Waals surface area contributed by atoms with Gasteiger partial charge < -0.3 is 5.32 Å². The number of hydrogen-bond acceptors (Lipinski definition) is 5. The van der Waals surface area contributed by atoms with Gasteiger partial charge in [-0.25, -0.2) is 4.98 Å². The minimum atomic E-state index is -0.525. The van der Waals surface area contributed by atoms with E-state index in [1.165, 1.54) is 12.3 Å². The Kier molecular flexibility index (Phi) is 3.66. The molecule has 8 heteroatoms. The number of nitrogens with zero attached hydrogens (tertiary/aromatic N) is 4. The monoisotopic (exact) mass is 281 g/mol. The Hall–Kier alpha value is -2.15. The highest BCUT2D eigenvalue weighted by Gasteiger charge is 2.18. The first-order valence-electron chi connectivity index (χ1n) is 5.60. The molecule has 1 N–H and O–H groups in total. The number of hydrogen-bond donors (Lipinski definition) is 1. The highest BCUT2D eigenvalue weighted by molar-refractivity contribution is 6.30. The molecular formula is C11H12ClN5O2. The largest absolute Gasteiger partial charge is 0.332 e. The summed E-state index contributed by atoms with van der Waals surface area (Å²) in [5.41, 5.74) is 1.34. The Morgan fingerprint density at radius 2 is 2.32 bits per heavy atom. The molecule has 0 aliphatic carbocycles. The van der Waals surface area contributed by atoms with Crippen molar-refractivity contribution in [3.8, 4) is 0 Å². The maximum atomic E-state index is 11.0. The summed E-state index contributed by atoms with van der Waals surface area (Å²) in [6.07, 6.45) is 3.82. The molecule has 2 aromatic rings. The van der Waals surface area contributed by atoms with Crippen molar-refractivity contribution < 1.29 is 4.92 Å². The van der Waals surface area contributed by atoms with E-state index in [1.807, 2.05) is 6.92 Å². The highest BCUT2D eigenvalue weighted by Crippen LogP contribution is 2.28. The van der Waals surface area contributed by atoms with Crippen LogP contribution in [0.5, 0.6) is 0 Å². The van der Waals surface area contributed by atoms with Crippen molar-refractivity contribution in [1.29, 1.82) is 0 Å². The van der Waals surface area contributed by atoms with Crippen LogP contribution in [0.15, 0.2) is 18.5 Å². The number of aromatic nitrogens is 3. The van der Waals surface area contributed by atoms with Crippen LogP contribution < -0.4 is 5.32 Å². The molecule has 2 aromatic heterocycles. The van der Waals surface area contributed by atoms with E-state index >= 15 is 0 Å². The third-order valence-electron chi connectivity index (χ3n) is 2.52. The van der Waals surface area contributed by atoms with Crippen molar-refractivity contribution in [3.63, 3.8) is 0 Å². The summed E-state index contributed by atoms with van der Waals surface area (Å²) in [6.45, 7) is 1.96. The molecule has 0 radical (unpaired) electrons. The fourth-order valence-electron chi connectivity index (χ4n) is 1.69. The van der Waals surface area contributed by atoms with Gasteiger partial charge in [0.25, 0.3) is 0 Å². The van der Waals surface area contributed by atoms with Crippen LogP contribution >= 0.6 is 11.6 Å². The molecule has 0 unspecified atom stereocenters. The van der Waals surface area contributed by atoms with Crippen LogP contribution in [0.3, 0.4) is 0 Å². The van der Waals surface area contributed by atoms with Crippen molar-refractivity contribution in [2.45, 2.75) is 13.3 Å². The van der Waals surface area contributed by atoms with Crippen LogP contribution in [-0.2, 0) is 13.5 Å². The maximum Gasteiger partial charge on any atom is 0.313 e. The molecule has 19 heavy (non-hydrogen) atoms. The second-order valence-electron chi connectivity index (χ2n) is 3.92. The van der Waals surface area contributed by atoms with Gasteiger partial charge in [0.1, 0.15) is 0 Å². The zero-order valence-electron chi connectivity index (χ0n) is 10.4. The van der Waals surface area contributed by atoms with E-state index in [0.29, 0.717) is 12.1 Å². The van der Waals surface area contributed by atoms with Crippen molar-refractivity contribution in [3.05, 3.63) is 39.3 Å². The molecular weight excluding hydrogens is 270 g/mol. The van der Waals surface area contributed by atoms with Gasteiger partial charge in [-0.2, -0.15) is 5.10 Å². The normalized spacial score (nSPS) is 10.5. The fraction of sp³-hybridized carbons (Fsp3) is 0.273. The lowest BCUT2D eigenvalue weighted by Gasteiger charge is -2.05. The van der Waals surface area contributed by atoms with Gasteiger partial charge in [0, 0.05) is 25.5 Å².